The number of esters is 1. The lowest BCUT2D eigenvalue weighted by molar-refractivity contribution is -0.154. The zero-order valence-corrected chi connectivity index (χ0v) is 17.0. The van der Waals surface area contributed by atoms with Crippen molar-refractivity contribution in [3.8, 4) is 0 Å². The largest absolute Gasteiger partial charge is 0.454 e. The highest BCUT2D eigenvalue weighted by molar-refractivity contribution is 6.07. The minimum absolute atomic E-state index is 0.289. The Kier molecular flexibility index (Phi) is 6.67. The van der Waals surface area contributed by atoms with Gasteiger partial charge in [0, 0.05) is 5.69 Å². The SMILES string of the molecule is CC[C@H](C)c1ccc(NC(=O)COC(=O)CN2C(=O)[C@H]3CCCC[C@@H]3C2=O)cc1. The van der Waals surface area contributed by atoms with Crippen molar-refractivity contribution in [2.24, 2.45) is 11.8 Å². The standard InChI is InChI=1S/C22H28N2O5/c1-3-14(2)15-8-10-16(11-9-15)23-19(25)13-29-20(26)12-24-21(27)17-6-4-5-7-18(17)22(24)28/h8-11,14,17-18H,3-7,12-13H2,1-2H3,(H,23,25)/t14-,17-,18-/m0/s1. The molecule has 2 aliphatic rings. The van der Waals surface area contributed by atoms with Gasteiger partial charge in [0.15, 0.2) is 6.61 Å². The Hall–Kier alpha value is -2.70. The third-order valence-electron chi connectivity index (χ3n) is 5.96. The summed E-state index contributed by atoms with van der Waals surface area (Å²) in [6.07, 6.45) is 4.27. The van der Waals surface area contributed by atoms with Crippen LogP contribution >= 0.6 is 0 Å². The van der Waals surface area contributed by atoms with Crippen LogP contribution in [0.1, 0.15) is 57.4 Å². The van der Waals surface area contributed by atoms with Gasteiger partial charge in [0.1, 0.15) is 6.54 Å². The molecule has 1 aromatic rings. The van der Waals surface area contributed by atoms with Crippen LogP contribution in [0.4, 0.5) is 5.69 Å². The highest BCUT2D eigenvalue weighted by Gasteiger charge is 2.48. The minimum Gasteiger partial charge on any atom is -0.454 e. The van der Waals surface area contributed by atoms with Gasteiger partial charge in [0.2, 0.25) is 11.8 Å². The van der Waals surface area contributed by atoms with Crippen LogP contribution < -0.4 is 5.32 Å². The van der Waals surface area contributed by atoms with Crippen molar-refractivity contribution in [3.63, 3.8) is 0 Å². The molecule has 156 valence electrons. The number of ether oxygens (including phenoxy) is 1. The Morgan fingerprint density at radius 2 is 1.69 bits per heavy atom. The predicted octanol–water partition coefficient (Wildman–Crippen LogP) is 2.86. The van der Waals surface area contributed by atoms with Crippen molar-refractivity contribution in [1.29, 1.82) is 0 Å². The van der Waals surface area contributed by atoms with Crippen molar-refractivity contribution >= 4 is 29.4 Å². The summed E-state index contributed by atoms with van der Waals surface area (Å²) in [7, 11) is 0. The molecule has 1 heterocycles. The fraction of sp³-hybridized carbons (Fsp3) is 0.545. The molecule has 2 fully saturated rings. The Balaban J connectivity index is 1.46. The Morgan fingerprint density at radius 3 is 2.24 bits per heavy atom. The van der Waals surface area contributed by atoms with Crippen molar-refractivity contribution < 1.29 is 23.9 Å². The normalized spacial score (nSPS) is 22.2. The summed E-state index contributed by atoms with van der Waals surface area (Å²) in [5.74, 6) is -1.96. The van der Waals surface area contributed by atoms with E-state index in [0.717, 1.165) is 24.2 Å². The molecule has 1 saturated heterocycles. The van der Waals surface area contributed by atoms with Crippen molar-refractivity contribution in [2.75, 3.05) is 18.5 Å². The third kappa shape index (κ3) is 4.83. The van der Waals surface area contributed by atoms with Crippen molar-refractivity contribution in [1.82, 2.24) is 4.90 Å². The number of rotatable bonds is 7. The molecule has 7 heteroatoms. The zero-order valence-electron chi connectivity index (χ0n) is 17.0. The number of likely N-dealkylation sites (tertiary alicyclic amines) is 1. The number of benzene rings is 1. The quantitative estimate of drug-likeness (QED) is 0.561. The molecule has 3 amide bonds. The van der Waals surface area contributed by atoms with Gasteiger partial charge in [-0.05, 0) is 42.9 Å². The maximum absolute atomic E-state index is 12.4. The number of anilines is 1. The second-order valence-electron chi connectivity index (χ2n) is 7.90. The van der Waals surface area contributed by atoms with Crippen LogP contribution in [0.5, 0.6) is 0 Å². The summed E-state index contributed by atoms with van der Waals surface area (Å²) in [6.45, 7) is 3.36. The molecule has 1 aromatic carbocycles. The van der Waals surface area contributed by atoms with Crippen LogP contribution in [0.2, 0.25) is 0 Å². The van der Waals surface area contributed by atoms with E-state index in [1.807, 2.05) is 24.3 Å². The van der Waals surface area contributed by atoms with Gasteiger partial charge >= 0.3 is 5.97 Å². The van der Waals surface area contributed by atoms with Crippen LogP contribution in [0.15, 0.2) is 24.3 Å². The van der Waals surface area contributed by atoms with E-state index in [-0.39, 0.29) is 23.7 Å². The van der Waals surface area contributed by atoms with Gasteiger partial charge < -0.3 is 10.1 Å². The van der Waals surface area contributed by atoms with E-state index in [1.54, 1.807) is 0 Å². The van der Waals surface area contributed by atoms with Gasteiger partial charge in [-0.15, -0.1) is 0 Å². The summed E-state index contributed by atoms with van der Waals surface area (Å²) >= 11 is 0. The van der Waals surface area contributed by atoms with E-state index in [4.69, 9.17) is 4.74 Å². The van der Waals surface area contributed by atoms with E-state index in [9.17, 15) is 19.2 Å². The number of imide groups is 1. The molecule has 0 aromatic heterocycles. The Labute approximate surface area is 170 Å². The fourth-order valence-corrected chi connectivity index (χ4v) is 4.04. The maximum Gasteiger partial charge on any atom is 0.326 e. The lowest BCUT2D eigenvalue weighted by atomic mass is 9.81. The first kappa shape index (κ1) is 21.0. The second-order valence-corrected chi connectivity index (χ2v) is 7.90. The molecular formula is C22H28N2O5. The number of carbonyl (C=O) groups is 4. The molecule has 3 rings (SSSR count). The van der Waals surface area contributed by atoms with Crippen molar-refractivity contribution in [3.05, 3.63) is 29.8 Å². The fourth-order valence-electron chi connectivity index (χ4n) is 4.04. The van der Waals surface area contributed by atoms with Gasteiger partial charge in [-0.25, -0.2) is 0 Å². The number of nitrogens with one attached hydrogen (secondary N) is 1. The molecule has 1 aliphatic carbocycles. The van der Waals surface area contributed by atoms with Crippen LogP contribution in [-0.4, -0.2) is 41.7 Å². The van der Waals surface area contributed by atoms with Crippen LogP contribution in [0.25, 0.3) is 0 Å². The van der Waals surface area contributed by atoms with Gasteiger partial charge in [-0.3, -0.25) is 24.1 Å². The van der Waals surface area contributed by atoms with E-state index < -0.39 is 25.0 Å². The first-order valence-electron chi connectivity index (χ1n) is 10.3. The number of fused-ring (bicyclic) bond motifs is 1. The molecule has 1 saturated carbocycles. The second kappa shape index (κ2) is 9.20. The van der Waals surface area contributed by atoms with E-state index in [2.05, 4.69) is 19.2 Å². The average molecular weight is 400 g/mol. The first-order chi connectivity index (χ1) is 13.9. The van der Waals surface area contributed by atoms with Crippen LogP contribution in [0.3, 0.4) is 0 Å². The number of carbonyl (C=O) groups excluding carboxylic acids is 4. The third-order valence-corrected chi connectivity index (χ3v) is 5.96. The molecule has 7 nitrogen and oxygen atoms in total. The monoisotopic (exact) mass is 400 g/mol. The smallest absolute Gasteiger partial charge is 0.326 e. The summed E-state index contributed by atoms with van der Waals surface area (Å²) < 4.78 is 4.97. The van der Waals surface area contributed by atoms with E-state index >= 15 is 0 Å². The molecule has 29 heavy (non-hydrogen) atoms. The van der Waals surface area contributed by atoms with E-state index in [1.165, 1.54) is 5.56 Å². The molecular weight excluding hydrogens is 372 g/mol. The van der Waals surface area contributed by atoms with Gasteiger partial charge in [0.25, 0.3) is 5.91 Å². The Morgan fingerprint density at radius 1 is 1.10 bits per heavy atom. The minimum atomic E-state index is -0.757. The molecule has 3 atom stereocenters. The van der Waals surface area contributed by atoms with Crippen LogP contribution in [-0.2, 0) is 23.9 Å². The summed E-state index contributed by atoms with van der Waals surface area (Å²) in [5, 5.41) is 2.67. The number of amides is 3. The lowest BCUT2D eigenvalue weighted by Gasteiger charge is -2.19. The molecule has 1 aliphatic heterocycles. The zero-order chi connectivity index (χ0) is 21.0. The first-order valence-corrected chi connectivity index (χ1v) is 10.3. The highest BCUT2D eigenvalue weighted by atomic mass is 16.5. The molecule has 0 spiro atoms. The van der Waals surface area contributed by atoms with Crippen LogP contribution in [0, 0.1) is 11.8 Å². The summed E-state index contributed by atoms with van der Waals surface area (Å²) in [6, 6.07) is 7.54. The Bertz CT molecular complexity index is 765. The summed E-state index contributed by atoms with van der Waals surface area (Å²) in [5.41, 5.74) is 1.81. The average Bonchev–Trinajstić information content (AvgIpc) is 2.97. The molecule has 1 N–H and O–H groups in total. The van der Waals surface area contributed by atoms with Crippen molar-refractivity contribution in [2.45, 2.75) is 51.9 Å². The molecule has 0 bridgehead atoms. The van der Waals surface area contributed by atoms with Gasteiger partial charge in [0.05, 0.1) is 11.8 Å². The number of hydrogen-bond donors (Lipinski definition) is 1. The van der Waals surface area contributed by atoms with Gasteiger partial charge in [-0.1, -0.05) is 38.8 Å². The maximum atomic E-state index is 12.4. The summed E-state index contributed by atoms with van der Waals surface area (Å²) in [4.78, 5) is 49.8. The van der Waals surface area contributed by atoms with Gasteiger partial charge in [-0.2, -0.15) is 0 Å². The predicted molar refractivity (Wildman–Crippen MR) is 107 cm³/mol. The number of nitrogens with zero attached hydrogens (tertiary/aromatic N) is 1. The topological polar surface area (TPSA) is 92.8 Å². The molecule has 0 unspecified atom stereocenters. The number of hydrogen-bond acceptors (Lipinski definition) is 5. The van der Waals surface area contributed by atoms with E-state index in [0.29, 0.717) is 24.4 Å². The molecule has 0 radical (unpaired) electrons. The lowest BCUT2D eigenvalue weighted by Crippen LogP contribution is -2.37. The highest BCUT2D eigenvalue weighted by Crippen LogP contribution is 2.37.